The van der Waals surface area contributed by atoms with Crippen molar-refractivity contribution >= 4 is 33.0 Å². The molecule has 2 aromatic rings. The molecule has 0 aliphatic carbocycles. The number of amides is 1. The highest BCUT2D eigenvalue weighted by Crippen LogP contribution is 2.32. The van der Waals surface area contributed by atoms with Crippen LogP contribution in [0.2, 0.25) is 0 Å². The number of carbonyl (C=O) groups excluding carboxylic acids is 1. The van der Waals surface area contributed by atoms with Crippen molar-refractivity contribution in [2.45, 2.75) is 37.6 Å². The zero-order valence-corrected chi connectivity index (χ0v) is 14.6. The Kier molecular flexibility index (Phi) is 4.15. The number of fused-ring (bicyclic) bond motifs is 1. The zero-order chi connectivity index (χ0) is 16.6. The molecule has 0 bridgehead atoms. The Morgan fingerprint density at radius 2 is 2.26 bits per heavy atom. The third-order valence-corrected chi connectivity index (χ3v) is 6.86. The van der Waals surface area contributed by atoms with Crippen LogP contribution in [-0.4, -0.2) is 35.6 Å². The zero-order valence-electron chi connectivity index (χ0n) is 12.9. The second-order valence-electron chi connectivity index (χ2n) is 5.39. The van der Waals surface area contributed by atoms with E-state index in [0.29, 0.717) is 31.7 Å². The second kappa shape index (κ2) is 5.97. The van der Waals surface area contributed by atoms with Gasteiger partial charge in [-0.1, -0.05) is 0 Å². The normalized spacial score (nSPS) is 14.6. The van der Waals surface area contributed by atoms with Crippen LogP contribution >= 0.6 is 11.3 Å². The number of thiophene rings is 1. The lowest BCUT2D eigenvalue weighted by Gasteiger charge is -2.25. The Labute approximate surface area is 139 Å². The molecule has 1 N–H and O–H groups in total. The lowest BCUT2D eigenvalue weighted by Crippen LogP contribution is -2.33. The topological polar surface area (TPSA) is 84.3 Å². The smallest absolute Gasteiger partial charge is 0.271 e. The van der Waals surface area contributed by atoms with Crippen LogP contribution in [0.25, 0.3) is 0 Å². The van der Waals surface area contributed by atoms with Gasteiger partial charge in [-0.2, -0.15) is 5.10 Å². The second-order valence-corrected chi connectivity index (χ2v) is 8.44. The van der Waals surface area contributed by atoms with E-state index in [2.05, 4.69) is 9.82 Å². The summed E-state index contributed by atoms with van der Waals surface area (Å²) in [5.74, 6) is 0.0105. The fourth-order valence-electron chi connectivity index (χ4n) is 2.50. The number of aromatic nitrogens is 2. The monoisotopic (exact) mass is 354 g/mol. The van der Waals surface area contributed by atoms with Crippen LogP contribution < -0.4 is 4.72 Å². The Morgan fingerprint density at radius 3 is 2.91 bits per heavy atom. The quantitative estimate of drug-likeness (QED) is 0.905. The van der Waals surface area contributed by atoms with E-state index in [4.69, 9.17) is 0 Å². The molecule has 0 unspecified atom stereocenters. The summed E-state index contributed by atoms with van der Waals surface area (Å²) in [6, 6.07) is 1.67. The van der Waals surface area contributed by atoms with E-state index in [1.54, 1.807) is 21.8 Å². The lowest BCUT2D eigenvalue weighted by molar-refractivity contribution is -0.129. The molecule has 1 aliphatic rings. The standard InChI is InChI=1S/C14H18N4O3S2/c1-3-18-9-12(7-15-18)16-23(20,21)14-6-11-8-17(10(2)19)5-4-13(11)22-14/h6-7,9,16H,3-5,8H2,1-2H3. The van der Waals surface area contributed by atoms with Gasteiger partial charge in [0.1, 0.15) is 4.21 Å². The first-order valence-corrected chi connectivity index (χ1v) is 9.61. The maximum absolute atomic E-state index is 12.5. The van der Waals surface area contributed by atoms with Crippen LogP contribution in [-0.2, 0) is 34.3 Å². The van der Waals surface area contributed by atoms with Crippen molar-refractivity contribution in [3.05, 3.63) is 28.9 Å². The minimum Gasteiger partial charge on any atom is -0.338 e. The molecule has 0 atom stereocenters. The van der Waals surface area contributed by atoms with Crippen molar-refractivity contribution in [1.82, 2.24) is 14.7 Å². The molecule has 124 valence electrons. The summed E-state index contributed by atoms with van der Waals surface area (Å²) in [5, 5.41) is 4.06. The number of rotatable bonds is 4. The van der Waals surface area contributed by atoms with Gasteiger partial charge in [-0.15, -0.1) is 11.3 Å². The summed E-state index contributed by atoms with van der Waals surface area (Å²) in [6.45, 7) is 5.25. The number of nitrogens with zero attached hydrogens (tertiary/aromatic N) is 3. The highest BCUT2D eigenvalue weighted by molar-refractivity contribution is 7.94. The Balaban J connectivity index is 1.83. The van der Waals surface area contributed by atoms with E-state index < -0.39 is 10.0 Å². The maximum Gasteiger partial charge on any atom is 0.271 e. The van der Waals surface area contributed by atoms with E-state index in [9.17, 15) is 13.2 Å². The average Bonchev–Trinajstić information content (AvgIpc) is 3.12. The Bertz CT molecular complexity index is 838. The SMILES string of the molecule is CCn1cc(NS(=O)(=O)c2cc3c(s2)CCN(C(C)=O)C3)cn1. The first-order chi connectivity index (χ1) is 10.9. The lowest BCUT2D eigenvalue weighted by atomic mass is 10.1. The van der Waals surface area contributed by atoms with Crippen LogP contribution in [0.1, 0.15) is 24.3 Å². The molecule has 0 fully saturated rings. The molecular weight excluding hydrogens is 336 g/mol. The Morgan fingerprint density at radius 1 is 1.48 bits per heavy atom. The molecule has 3 rings (SSSR count). The molecule has 0 spiro atoms. The van der Waals surface area contributed by atoms with Gasteiger partial charge < -0.3 is 4.90 Å². The maximum atomic E-state index is 12.5. The number of hydrogen-bond donors (Lipinski definition) is 1. The van der Waals surface area contributed by atoms with Gasteiger partial charge in [0.25, 0.3) is 10.0 Å². The van der Waals surface area contributed by atoms with Gasteiger partial charge >= 0.3 is 0 Å². The van der Waals surface area contributed by atoms with E-state index in [-0.39, 0.29) is 10.1 Å². The van der Waals surface area contributed by atoms with E-state index in [1.165, 1.54) is 24.5 Å². The molecule has 9 heteroatoms. The summed E-state index contributed by atoms with van der Waals surface area (Å²) in [7, 11) is -3.63. The molecule has 0 aromatic carbocycles. The van der Waals surface area contributed by atoms with Gasteiger partial charge in [0.15, 0.2) is 0 Å². The third kappa shape index (κ3) is 3.25. The number of carbonyl (C=O) groups is 1. The number of sulfonamides is 1. The van der Waals surface area contributed by atoms with Crippen LogP contribution in [0, 0.1) is 0 Å². The fourth-order valence-corrected chi connectivity index (χ4v) is 5.07. The summed E-state index contributed by atoms with van der Waals surface area (Å²) in [6.07, 6.45) is 3.84. The molecule has 7 nitrogen and oxygen atoms in total. The molecule has 0 saturated carbocycles. The first kappa shape index (κ1) is 16.0. The average molecular weight is 354 g/mol. The van der Waals surface area contributed by atoms with Crippen molar-refractivity contribution in [2.75, 3.05) is 11.3 Å². The molecular formula is C14H18N4O3S2. The van der Waals surface area contributed by atoms with Crippen molar-refractivity contribution in [3.63, 3.8) is 0 Å². The molecule has 23 heavy (non-hydrogen) atoms. The first-order valence-electron chi connectivity index (χ1n) is 7.31. The molecule has 2 aromatic heterocycles. The molecule has 1 aliphatic heterocycles. The number of aryl methyl sites for hydroxylation is 1. The minimum absolute atomic E-state index is 0.0105. The van der Waals surface area contributed by atoms with Gasteiger partial charge in [-0.05, 0) is 25.0 Å². The minimum atomic E-state index is -3.63. The number of anilines is 1. The van der Waals surface area contributed by atoms with Gasteiger partial charge in [0.2, 0.25) is 5.91 Å². The summed E-state index contributed by atoms with van der Waals surface area (Å²) in [5.41, 5.74) is 1.37. The van der Waals surface area contributed by atoms with Crippen LogP contribution in [0.5, 0.6) is 0 Å². The van der Waals surface area contributed by atoms with E-state index >= 15 is 0 Å². The predicted octanol–water partition coefficient (Wildman–Crippen LogP) is 1.67. The molecule has 3 heterocycles. The summed E-state index contributed by atoms with van der Waals surface area (Å²) < 4.78 is 29.5. The van der Waals surface area contributed by atoms with Crippen molar-refractivity contribution in [1.29, 1.82) is 0 Å². The predicted molar refractivity (Wildman–Crippen MR) is 87.8 cm³/mol. The molecule has 0 radical (unpaired) electrons. The van der Waals surface area contributed by atoms with Gasteiger partial charge in [0.05, 0.1) is 11.9 Å². The van der Waals surface area contributed by atoms with E-state index in [1.807, 2.05) is 6.92 Å². The molecule has 1 amide bonds. The summed E-state index contributed by atoms with van der Waals surface area (Å²) in [4.78, 5) is 14.2. The van der Waals surface area contributed by atoms with Crippen molar-refractivity contribution in [3.8, 4) is 0 Å². The molecule has 0 saturated heterocycles. The highest BCUT2D eigenvalue weighted by atomic mass is 32.2. The van der Waals surface area contributed by atoms with Crippen LogP contribution in [0.15, 0.2) is 22.7 Å². The third-order valence-electron chi connectivity index (χ3n) is 3.76. The largest absolute Gasteiger partial charge is 0.338 e. The fraction of sp³-hybridized carbons (Fsp3) is 0.429. The van der Waals surface area contributed by atoms with Crippen molar-refractivity contribution < 1.29 is 13.2 Å². The van der Waals surface area contributed by atoms with Crippen LogP contribution in [0.4, 0.5) is 5.69 Å². The van der Waals surface area contributed by atoms with Crippen LogP contribution in [0.3, 0.4) is 0 Å². The van der Waals surface area contributed by atoms with E-state index in [0.717, 1.165) is 10.4 Å². The van der Waals surface area contributed by atoms with Crippen molar-refractivity contribution in [2.24, 2.45) is 0 Å². The van der Waals surface area contributed by atoms with Gasteiger partial charge in [-0.25, -0.2) is 8.42 Å². The summed E-state index contributed by atoms with van der Waals surface area (Å²) >= 11 is 1.27. The Hall–Kier alpha value is -1.87. The van der Waals surface area contributed by atoms with Gasteiger partial charge in [0, 0.05) is 37.6 Å². The van der Waals surface area contributed by atoms with Gasteiger partial charge in [-0.3, -0.25) is 14.2 Å². The number of hydrogen-bond acceptors (Lipinski definition) is 5. The highest BCUT2D eigenvalue weighted by Gasteiger charge is 2.25. The number of nitrogens with one attached hydrogen (secondary N) is 1.